The van der Waals surface area contributed by atoms with Gasteiger partial charge in [-0.3, -0.25) is 9.97 Å². The fourth-order valence-corrected chi connectivity index (χ4v) is 4.70. The van der Waals surface area contributed by atoms with Gasteiger partial charge in [-0.2, -0.15) is 0 Å². The van der Waals surface area contributed by atoms with Gasteiger partial charge in [0, 0.05) is 44.5 Å². The number of hydrogen-bond donors (Lipinski definition) is 1. The SMILES string of the molecule is CC1(C)c2ccc(-c3ccc4cccc(O)c4n3)[c-]c2N(c2cnccn2)c2ccccc21.[Pt]. The number of benzene rings is 3. The van der Waals surface area contributed by atoms with E-state index in [1.54, 1.807) is 24.7 Å². The van der Waals surface area contributed by atoms with Crippen LogP contribution in [0.2, 0.25) is 0 Å². The minimum absolute atomic E-state index is 0. The van der Waals surface area contributed by atoms with Gasteiger partial charge in [0.1, 0.15) is 11.3 Å². The third-order valence-corrected chi connectivity index (χ3v) is 6.39. The first kappa shape index (κ1) is 22.2. The van der Waals surface area contributed by atoms with E-state index in [0.717, 1.165) is 39.4 Å². The number of nitrogens with zero attached hydrogens (tertiary/aromatic N) is 4. The molecule has 0 radical (unpaired) electrons. The number of phenols is 1. The molecule has 0 bridgehead atoms. The minimum atomic E-state index is -0.214. The van der Waals surface area contributed by atoms with Crippen molar-refractivity contribution in [3.05, 3.63) is 103 Å². The van der Waals surface area contributed by atoms with Crippen LogP contribution in [0.25, 0.3) is 22.2 Å². The molecule has 0 unspecified atom stereocenters. The molecule has 3 heterocycles. The summed E-state index contributed by atoms with van der Waals surface area (Å²) in [6.45, 7) is 4.47. The van der Waals surface area contributed by atoms with E-state index in [4.69, 9.17) is 4.98 Å². The summed E-state index contributed by atoms with van der Waals surface area (Å²) in [5.74, 6) is 0.905. The van der Waals surface area contributed by atoms with Gasteiger partial charge in [0.05, 0.1) is 6.20 Å². The van der Waals surface area contributed by atoms with E-state index < -0.39 is 0 Å². The zero-order valence-electron chi connectivity index (χ0n) is 18.6. The number of hydrogen-bond acceptors (Lipinski definition) is 5. The van der Waals surface area contributed by atoms with Crippen molar-refractivity contribution in [1.82, 2.24) is 15.0 Å². The Balaban J connectivity index is 0.00000241. The van der Waals surface area contributed by atoms with Crippen molar-refractivity contribution in [2.75, 3.05) is 4.90 Å². The van der Waals surface area contributed by atoms with Crippen LogP contribution in [0.3, 0.4) is 0 Å². The summed E-state index contributed by atoms with van der Waals surface area (Å²) in [6.07, 6.45) is 5.15. The molecular weight excluding hydrogens is 603 g/mol. The zero-order valence-corrected chi connectivity index (χ0v) is 20.9. The average Bonchev–Trinajstić information content (AvgIpc) is 2.85. The number of phenolic OH excluding ortho intramolecular Hbond substituents is 1. The van der Waals surface area contributed by atoms with Gasteiger partial charge in [-0.1, -0.05) is 61.9 Å². The van der Waals surface area contributed by atoms with Gasteiger partial charge >= 0.3 is 0 Å². The zero-order chi connectivity index (χ0) is 22.6. The average molecular weight is 625 g/mol. The number of pyridine rings is 1. The van der Waals surface area contributed by atoms with Gasteiger partial charge in [0.15, 0.2) is 5.82 Å². The second-order valence-electron chi connectivity index (χ2n) is 8.72. The number of rotatable bonds is 2. The van der Waals surface area contributed by atoms with Gasteiger partial charge < -0.3 is 10.0 Å². The molecule has 3 aromatic carbocycles. The molecule has 0 spiro atoms. The molecule has 5 aromatic rings. The van der Waals surface area contributed by atoms with Crippen molar-refractivity contribution in [3.8, 4) is 17.0 Å². The van der Waals surface area contributed by atoms with Crippen molar-refractivity contribution in [3.63, 3.8) is 0 Å². The van der Waals surface area contributed by atoms with E-state index in [2.05, 4.69) is 65.1 Å². The van der Waals surface area contributed by atoms with E-state index in [1.165, 1.54) is 5.56 Å². The molecule has 2 aromatic heterocycles. The van der Waals surface area contributed by atoms with Gasteiger partial charge in [-0.05, 0) is 34.5 Å². The molecule has 0 saturated carbocycles. The predicted molar refractivity (Wildman–Crippen MR) is 130 cm³/mol. The number of fused-ring (bicyclic) bond motifs is 3. The molecule has 34 heavy (non-hydrogen) atoms. The third-order valence-electron chi connectivity index (χ3n) is 6.39. The Morgan fingerprint density at radius 3 is 2.56 bits per heavy atom. The van der Waals surface area contributed by atoms with Gasteiger partial charge in [0.2, 0.25) is 0 Å². The second-order valence-corrected chi connectivity index (χ2v) is 8.72. The summed E-state index contributed by atoms with van der Waals surface area (Å²) in [4.78, 5) is 15.8. The molecular formula is C28H21N4OPt-. The Hall–Kier alpha value is -3.56. The third kappa shape index (κ3) is 3.39. The summed E-state index contributed by atoms with van der Waals surface area (Å²) in [5, 5.41) is 11.2. The number of aromatic nitrogens is 3. The summed E-state index contributed by atoms with van der Waals surface area (Å²) in [6, 6.07) is 25.6. The topological polar surface area (TPSA) is 62.1 Å². The summed E-state index contributed by atoms with van der Waals surface area (Å²) >= 11 is 0. The molecule has 5 nitrogen and oxygen atoms in total. The maximum atomic E-state index is 10.3. The largest absolute Gasteiger partial charge is 0.506 e. The molecule has 170 valence electrons. The second kappa shape index (κ2) is 8.34. The van der Waals surface area contributed by atoms with E-state index in [9.17, 15) is 5.11 Å². The molecule has 6 heteroatoms. The number of para-hydroxylation sites is 2. The summed E-state index contributed by atoms with van der Waals surface area (Å²) in [5.41, 5.74) is 6.33. The van der Waals surface area contributed by atoms with E-state index >= 15 is 0 Å². The Bertz CT molecular complexity index is 1520. The standard InChI is InChI=1S/C28H21N4O.Pt/c1-28(2)20-7-3-4-8-23(20)32(26-17-29-14-15-30-26)24-16-19(10-12-21(24)28)22-13-11-18-6-5-9-25(33)27(18)31-22;/h3-15,17,33H,1-2H3;/q-1;. The van der Waals surface area contributed by atoms with Crippen molar-refractivity contribution in [1.29, 1.82) is 0 Å². The minimum Gasteiger partial charge on any atom is -0.506 e. The number of anilines is 3. The van der Waals surface area contributed by atoms with Crippen LogP contribution in [-0.2, 0) is 26.5 Å². The van der Waals surface area contributed by atoms with Crippen molar-refractivity contribution in [2.45, 2.75) is 19.3 Å². The number of aromatic hydroxyl groups is 1. The first-order valence-corrected chi connectivity index (χ1v) is 10.9. The normalized spacial score (nSPS) is 13.6. The molecule has 6 rings (SSSR count). The monoisotopic (exact) mass is 624 g/mol. The summed E-state index contributed by atoms with van der Waals surface area (Å²) < 4.78 is 0. The van der Waals surface area contributed by atoms with Crippen LogP contribution in [0.5, 0.6) is 5.75 Å². The van der Waals surface area contributed by atoms with Crippen LogP contribution in [0.1, 0.15) is 25.0 Å². The Morgan fingerprint density at radius 2 is 1.74 bits per heavy atom. The quantitative estimate of drug-likeness (QED) is 0.234. The van der Waals surface area contributed by atoms with Gasteiger partial charge in [0.25, 0.3) is 0 Å². The van der Waals surface area contributed by atoms with E-state index in [1.807, 2.05) is 30.3 Å². The molecule has 0 fully saturated rings. The first-order valence-electron chi connectivity index (χ1n) is 10.9. The fraction of sp³-hybridized carbons (Fsp3) is 0.107. The predicted octanol–water partition coefficient (Wildman–Crippen LogP) is 6.30. The van der Waals surface area contributed by atoms with Crippen LogP contribution in [0.4, 0.5) is 17.2 Å². The Morgan fingerprint density at radius 1 is 0.882 bits per heavy atom. The van der Waals surface area contributed by atoms with Gasteiger partial charge in [-0.15, -0.1) is 23.8 Å². The maximum Gasteiger partial charge on any atom is 0.154 e. The first-order chi connectivity index (χ1) is 16.0. The van der Waals surface area contributed by atoms with Crippen LogP contribution in [0, 0.1) is 6.07 Å². The molecule has 0 amide bonds. The Labute approximate surface area is 212 Å². The molecule has 1 aliphatic heterocycles. The van der Waals surface area contributed by atoms with E-state index in [-0.39, 0.29) is 32.2 Å². The smallest absolute Gasteiger partial charge is 0.154 e. The molecule has 0 atom stereocenters. The fourth-order valence-electron chi connectivity index (χ4n) is 4.70. The molecule has 1 N–H and O–H groups in total. The van der Waals surface area contributed by atoms with Crippen molar-refractivity contribution in [2.24, 2.45) is 0 Å². The van der Waals surface area contributed by atoms with E-state index in [0.29, 0.717) is 5.52 Å². The molecule has 0 saturated heterocycles. The van der Waals surface area contributed by atoms with Crippen molar-refractivity contribution >= 4 is 28.1 Å². The molecule has 1 aliphatic rings. The van der Waals surface area contributed by atoms with Crippen LogP contribution >= 0.6 is 0 Å². The van der Waals surface area contributed by atoms with Crippen LogP contribution < -0.4 is 4.90 Å². The molecule has 0 aliphatic carbocycles. The van der Waals surface area contributed by atoms with Crippen LogP contribution in [0.15, 0.2) is 85.3 Å². The Kier molecular flexibility index (Phi) is 5.45. The van der Waals surface area contributed by atoms with Crippen molar-refractivity contribution < 1.29 is 26.2 Å². The summed E-state index contributed by atoms with van der Waals surface area (Å²) in [7, 11) is 0. The van der Waals surface area contributed by atoms with Gasteiger partial charge in [-0.25, -0.2) is 4.98 Å². The maximum absolute atomic E-state index is 10.3. The van der Waals surface area contributed by atoms with Crippen LogP contribution in [-0.4, -0.2) is 20.1 Å².